The van der Waals surface area contributed by atoms with Crippen LogP contribution in [0.15, 0.2) is 24.3 Å². The zero-order chi connectivity index (χ0) is 15.2. The molecule has 0 bridgehead atoms. The molecule has 0 spiro atoms. The van der Waals surface area contributed by atoms with E-state index < -0.39 is 0 Å². The van der Waals surface area contributed by atoms with Gasteiger partial charge in [0.1, 0.15) is 0 Å². The van der Waals surface area contributed by atoms with Gasteiger partial charge in [0.15, 0.2) is 0 Å². The number of hydrogen-bond acceptors (Lipinski definition) is 4. The van der Waals surface area contributed by atoms with Crippen LogP contribution in [0.2, 0.25) is 0 Å². The molecule has 1 atom stereocenters. The quantitative estimate of drug-likeness (QED) is 0.860. The number of piperazine rings is 1. The van der Waals surface area contributed by atoms with Gasteiger partial charge in [0.05, 0.1) is 0 Å². The maximum Gasteiger partial charge on any atom is 0.0361 e. The van der Waals surface area contributed by atoms with Crippen molar-refractivity contribution in [2.45, 2.75) is 13.0 Å². The lowest BCUT2D eigenvalue weighted by Gasteiger charge is -2.31. The minimum Gasteiger partial charge on any atom is -0.378 e. The van der Waals surface area contributed by atoms with Gasteiger partial charge in [-0.25, -0.2) is 0 Å². The zero-order valence-electron chi connectivity index (χ0n) is 14.0. The SMILES string of the molecule is CC(c1ccc(N(C)C)cc1)N(C)CCN1CCNCC1. The van der Waals surface area contributed by atoms with Crippen molar-refractivity contribution in [3.8, 4) is 0 Å². The fraction of sp³-hybridized carbons (Fsp3) is 0.647. The first-order chi connectivity index (χ1) is 10.1. The Bertz CT molecular complexity index is 409. The van der Waals surface area contributed by atoms with E-state index in [0.717, 1.165) is 26.2 Å². The first kappa shape index (κ1) is 16.3. The first-order valence-electron chi connectivity index (χ1n) is 7.98. The van der Waals surface area contributed by atoms with Crippen LogP contribution in [0.4, 0.5) is 5.69 Å². The highest BCUT2D eigenvalue weighted by atomic mass is 15.2. The summed E-state index contributed by atoms with van der Waals surface area (Å²) in [5, 5.41) is 3.41. The Morgan fingerprint density at radius 2 is 1.71 bits per heavy atom. The second-order valence-electron chi connectivity index (χ2n) is 6.23. The molecule has 0 aliphatic carbocycles. The van der Waals surface area contributed by atoms with Gasteiger partial charge in [-0.2, -0.15) is 0 Å². The predicted octanol–water partition coefficient (Wildman–Crippen LogP) is 1.65. The van der Waals surface area contributed by atoms with E-state index in [0.29, 0.717) is 6.04 Å². The van der Waals surface area contributed by atoms with Crippen molar-refractivity contribution in [2.24, 2.45) is 0 Å². The number of likely N-dealkylation sites (N-methyl/N-ethyl adjacent to an activating group) is 1. The first-order valence-corrected chi connectivity index (χ1v) is 7.98. The number of nitrogens with zero attached hydrogens (tertiary/aromatic N) is 3. The molecule has 1 fully saturated rings. The normalized spacial score (nSPS) is 18.0. The molecule has 4 heteroatoms. The highest BCUT2D eigenvalue weighted by Gasteiger charge is 2.14. The van der Waals surface area contributed by atoms with Crippen LogP contribution in [-0.2, 0) is 0 Å². The zero-order valence-corrected chi connectivity index (χ0v) is 14.0. The van der Waals surface area contributed by atoms with E-state index in [1.54, 1.807) is 0 Å². The van der Waals surface area contributed by atoms with Gasteiger partial charge >= 0.3 is 0 Å². The summed E-state index contributed by atoms with van der Waals surface area (Å²) in [6, 6.07) is 9.37. The minimum atomic E-state index is 0.462. The number of anilines is 1. The average molecular weight is 290 g/mol. The number of rotatable bonds is 6. The molecule has 1 heterocycles. The topological polar surface area (TPSA) is 21.8 Å². The van der Waals surface area contributed by atoms with Crippen molar-refractivity contribution >= 4 is 5.69 Å². The van der Waals surface area contributed by atoms with Crippen molar-refractivity contribution in [3.63, 3.8) is 0 Å². The van der Waals surface area contributed by atoms with E-state index in [9.17, 15) is 0 Å². The summed E-state index contributed by atoms with van der Waals surface area (Å²) in [5.74, 6) is 0. The molecule has 1 aromatic carbocycles. The molecular formula is C17H30N4. The van der Waals surface area contributed by atoms with E-state index >= 15 is 0 Å². The van der Waals surface area contributed by atoms with E-state index in [-0.39, 0.29) is 0 Å². The molecule has 0 aromatic heterocycles. The lowest BCUT2D eigenvalue weighted by Crippen LogP contribution is -2.46. The maximum absolute atomic E-state index is 3.41. The van der Waals surface area contributed by atoms with Gasteiger partial charge in [0.25, 0.3) is 0 Å². The molecule has 1 unspecified atom stereocenters. The number of hydrogen-bond donors (Lipinski definition) is 1. The Kier molecular flexibility index (Phi) is 6.03. The predicted molar refractivity (Wildman–Crippen MR) is 91.1 cm³/mol. The van der Waals surface area contributed by atoms with Crippen molar-refractivity contribution in [2.75, 3.05) is 65.3 Å². The molecule has 0 amide bonds. The van der Waals surface area contributed by atoms with Crippen molar-refractivity contribution in [1.29, 1.82) is 0 Å². The Hall–Kier alpha value is -1.10. The fourth-order valence-electron chi connectivity index (χ4n) is 2.73. The van der Waals surface area contributed by atoms with Gasteiger partial charge in [-0.3, -0.25) is 9.80 Å². The van der Waals surface area contributed by atoms with Gasteiger partial charge in [-0.1, -0.05) is 12.1 Å². The summed E-state index contributed by atoms with van der Waals surface area (Å²) in [7, 11) is 6.39. The van der Waals surface area contributed by atoms with Crippen LogP contribution >= 0.6 is 0 Å². The van der Waals surface area contributed by atoms with E-state index in [1.807, 2.05) is 0 Å². The molecule has 2 rings (SSSR count). The molecule has 0 radical (unpaired) electrons. The molecule has 118 valence electrons. The van der Waals surface area contributed by atoms with Crippen LogP contribution in [0, 0.1) is 0 Å². The summed E-state index contributed by atoms with van der Waals surface area (Å²) in [5.41, 5.74) is 2.65. The fourth-order valence-corrected chi connectivity index (χ4v) is 2.73. The Balaban J connectivity index is 1.84. The summed E-state index contributed by atoms with van der Waals surface area (Å²) in [6.07, 6.45) is 0. The third-order valence-corrected chi connectivity index (χ3v) is 4.53. The molecule has 1 saturated heterocycles. The van der Waals surface area contributed by atoms with Crippen LogP contribution in [0.3, 0.4) is 0 Å². The monoisotopic (exact) mass is 290 g/mol. The smallest absolute Gasteiger partial charge is 0.0361 e. The van der Waals surface area contributed by atoms with Crippen molar-refractivity contribution in [1.82, 2.24) is 15.1 Å². The van der Waals surface area contributed by atoms with Crippen molar-refractivity contribution in [3.05, 3.63) is 29.8 Å². The molecule has 0 saturated carbocycles. The summed E-state index contributed by atoms with van der Waals surface area (Å²) < 4.78 is 0. The molecule has 1 aromatic rings. The number of nitrogens with one attached hydrogen (secondary N) is 1. The summed E-state index contributed by atoms with van der Waals surface area (Å²) in [6.45, 7) is 9.20. The Morgan fingerprint density at radius 1 is 1.10 bits per heavy atom. The Morgan fingerprint density at radius 3 is 2.29 bits per heavy atom. The van der Waals surface area contributed by atoms with E-state index in [4.69, 9.17) is 0 Å². The lowest BCUT2D eigenvalue weighted by molar-refractivity contribution is 0.183. The van der Waals surface area contributed by atoms with Gasteiger partial charge < -0.3 is 10.2 Å². The number of benzene rings is 1. The Labute approximate surface area is 129 Å². The van der Waals surface area contributed by atoms with Crippen LogP contribution in [-0.4, -0.2) is 70.2 Å². The van der Waals surface area contributed by atoms with Gasteiger partial charge in [-0.15, -0.1) is 0 Å². The summed E-state index contributed by atoms with van der Waals surface area (Å²) >= 11 is 0. The van der Waals surface area contributed by atoms with Crippen LogP contribution in [0.5, 0.6) is 0 Å². The maximum atomic E-state index is 3.41. The molecule has 4 nitrogen and oxygen atoms in total. The highest BCUT2D eigenvalue weighted by molar-refractivity contribution is 5.46. The molecular weight excluding hydrogens is 260 g/mol. The second-order valence-corrected chi connectivity index (χ2v) is 6.23. The van der Waals surface area contributed by atoms with Crippen LogP contribution in [0.25, 0.3) is 0 Å². The third kappa shape index (κ3) is 4.70. The van der Waals surface area contributed by atoms with Crippen LogP contribution < -0.4 is 10.2 Å². The van der Waals surface area contributed by atoms with Crippen molar-refractivity contribution < 1.29 is 0 Å². The third-order valence-electron chi connectivity index (χ3n) is 4.53. The van der Waals surface area contributed by atoms with Gasteiger partial charge in [-0.05, 0) is 31.7 Å². The molecule has 1 N–H and O–H groups in total. The van der Waals surface area contributed by atoms with E-state index in [1.165, 1.54) is 24.3 Å². The second kappa shape index (κ2) is 7.78. The van der Waals surface area contributed by atoms with Gasteiger partial charge in [0.2, 0.25) is 0 Å². The largest absolute Gasteiger partial charge is 0.378 e. The molecule has 1 aliphatic heterocycles. The lowest BCUT2D eigenvalue weighted by atomic mass is 10.1. The standard InChI is InChI=1S/C17H30N4/c1-15(16-5-7-17(8-6-16)19(2)3)20(4)13-14-21-11-9-18-10-12-21/h5-8,15,18H,9-14H2,1-4H3. The van der Waals surface area contributed by atoms with Crippen LogP contribution in [0.1, 0.15) is 18.5 Å². The molecule has 21 heavy (non-hydrogen) atoms. The molecule has 1 aliphatic rings. The summed E-state index contributed by atoms with van der Waals surface area (Å²) in [4.78, 5) is 7.14. The highest BCUT2D eigenvalue weighted by Crippen LogP contribution is 2.21. The van der Waals surface area contributed by atoms with Gasteiger partial charge in [0, 0.05) is 65.1 Å². The average Bonchev–Trinajstić information content (AvgIpc) is 2.53. The minimum absolute atomic E-state index is 0.462. The van der Waals surface area contributed by atoms with E-state index in [2.05, 4.69) is 72.3 Å².